The van der Waals surface area contributed by atoms with Gasteiger partial charge in [-0.25, -0.2) is 0 Å². The second kappa shape index (κ2) is 5.78. The summed E-state index contributed by atoms with van der Waals surface area (Å²) < 4.78 is 0. The van der Waals surface area contributed by atoms with E-state index < -0.39 is 8.07 Å². The molecule has 0 aromatic heterocycles. The van der Waals surface area contributed by atoms with Crippen LogP contribution in [0.4, 0.5) is 0 Å². The minimum atomic E-state index is -1.57. The number of fused-ring (bicyclic) bond motifs is 2. The van der Waals surface area contributed by atoms with Crippen LogP contribution in [0.1, 0.15) is 17.5 Å². The molecule has 3 rings (SSSR count). The van der Waals surface area contributed by atoms with Gasteiger partial charge in [0.25, 0.3) is 0 Å². The molecule has 21 heavy (non-hydrogen) atoms. The molecule has 110 valence electrons. The Balaban J connectivity index is 2.01. The quantitative estimate of drug-likeness (QED) is 0.784. The predicted octanol–water partition coefficient (Wildman–Crippen LogP) is 2.74. The molecular formula is C19H25NSi. The number of benzene rings is 2. The van der Waals surface area contributed by atoms with Gasteiger partial charge in [-0.3, -0.25) is 0 Å². The van der Waals surface area contributed by atoms with Crippen LogP contribution in [0.5, 0.6) is 0 Å². The van der Waals surface area contributed by atoms with Crippen molar-refractivity contribution >= 4 is 18.4 Å². The molecule has 1 heterocycles. The maximum Gasteiger partial charge on any atom is 0.115 e. The lowest BCUT2D eigenvalue weighted by molar-refractivity contribution is 0.408. The Hall–Kier alpha value is -1.38. The molecule has 0 spiro atoms. The fourth-order valence-electron chi connectivity index (χ4n) is 3.79. The SMILES string of the molecule is CN(C)CCC[Si]1(C)c2ccccc2Cc2ccccc21. The first-order valence-electron chi connectivity index (χ1n) is 7.93. The van der Waals surface area contributed by atoms with Gasteiger partial charge in [-0.05, 0) is 50.7 Å². The lowest BCUT2D eigenvalue weighted by Gasteiger charge is -2.37. The van der Waals surface area contributed by atoms with Crippen LogP contribution in [0.3, 0.4) is 0 Å². The van der Waals surface area contributed by atoms with Crippen LogP contribution in [0.15, 0.2) is 48.5 Å². The summed E-state index contributed by atoms with van der Waals surface area (Å²) in [6, 6.07) is 19.7. The van der Waals surface area contributed by atoms with E-state index in [9.17, 15) is 0 Å². The van der Waals surface area contributed by atoms with Gasteiger partial charge in [-0.1, -0.05) is 65.5 Å². The topological polar surface area (TPSA) is 3.24 Å². The van der Waals surface area contributed by atoms with Crippen molar-refractivity contribution in [3.05, 3.63) is 59.7 Å². The van der Waals surface area contributed by atoms with Crippen LogP contribution >= 0.6 is 0 Å². The lowest BCUT2D eigenvalue weighted by Crippen LogP contribution is -2.60. The highest BCUT2D eigenvalue weighted by atomic mass is 28.3. The molecule has 1 aliphatic heterocycles. The first-order chi connectivity index (χ1) is 10.1. The van der Waals surface area contributed by atoms with E-state index in [-0.39, 0.29) is 0 Å². The summed E-state index contributed by atoms with van der Waals surface area (Å²) in [4.78, 5) is 2.30. The van der Waals surface area contributed by atoms with E-state index in [0.717, 1.165) is 6.42 Å². The number of rotatable bonds is 4. The maximum absolute atomic E-state index is 2.57. The molecule has 0 atom stereocenters. The Morgan fingerprint density at radius 2 is 1.43 bits per heavy atom. The number of nitrogens with zero attached hydrogens (tertiary/aromatic N) is 1. The van der Waals surface area contributed by atoms with Gasteiger partial charge in [0.15, 0.2) is 0 Å². The van der Waals surface area contributed by atoms with Gasteiger partial charge in [0.1, 0.15) is 8.07 Å². The third-order valence-corrected chi connectivity index (χ3v) is 9.59. The molecule has 0 aliphatic carbocycles. The predicted molar refractivity (Wildman–Crippen MR) is 94.6 cm³/mol. The molecule has 0 unspecified atom stereocenters. The molecule has 2 aromatic carbocycles. The van der Waals surface area contributed by atoms with Gasteiger partial charge in [0.05, 0.1) is 0 Å². The molecule has 0 fully saturated rings. The Kier molecular flexibility index (Phi) is 4.00. The van der Waals surface area contributed by atoms with Crippen molar-refractivity contribution in [1.82, 2.24) is 4.90 Å². The molecule has 1 nitrogen and oxygen atoms in total. The van der Waals surface area contributed by atoms with Gasteiger partial charge >= 0.3 is 0 Å². The van der Waals surface area contributed by atoms with Gasteiger partial charge < -0.3 is 4.90 Å². The highest BCUT2D eigenvalue weighted by Gasteiger charge is 2.37. The van der Waals surface area contributed by atoms with Crippen LogP contribution in [0.2, 0.25) is 12.6 Å². The van der Waals surface area contributed by atoms with Crippen LogP contribution in [-0.2, 0) is 6.42 Å². The van der Waals surface area contributed by atoms with E-state index in [1.165, 1.54) is 19.0 Å². The molecular weight excluding hydrogens is 270 g/mol. The van der Waals surface area contributed by atoms with Crippen molar-refractivity contribution < 1.29 is 0 Å². The van der Waals surface area contributed by atoms with Crippen molar-refractivity contribution in [2.24, 2.45) is 0 Å². The summed E-state index contributed by atoms with van der Waals surface area (Å²) in [5.41, 5.74) is 3.13. The first-order valence-corrected chi connectivity index (χ1v) is 10.6. The monoisotopic (exact) mass is 295 g/mol. The van der Waals surface area contributed by atoms with E-state index in [1.807, 2.05) is 0 Å². The summed E-state index contributed by atoms with van der Waals surface area (Å²) in [5.74, 6) is 0. The number of hydrogen-bond donors (Lipinski definition) is 0. The van der Waals surface area contributed by atoms with Crippen molar-refractivity contribution in [1.29, 1.82) is 0 Å². The zero-order chi connectivity index (χ0) is 14.9. The molecule has 0 amide bonds. The molecule has 1 aliphatic rings. The second-order valence-electron chi connectivity index (χ2n) is 6.73. The zero-order valence-electron chi connectivity index (χ0n) is 13.4. The van der Waals surface area contributed by atoms with E-state index in [2.05, 4.69) is 74.1 Å². The molecule has 0 bridgehead atoms. The van der Waals surface area contributed by atoms with E-state index in [1.54, 1.807) is 21.5 Å². The van der Waals surface area contributed by atoms with Gasteiger partial charge in [0.2, 0.25) is 0 Å². The average Bonchev–Trinajstić information content (AvgIpc) is 2.47. The third kappa shape index (κ3) is 2.70. The zero-order valence-corrected chi connectivity index (χ0v) is 14.4. The van der Waals surface area contributed by atoms with E-state index in [4.69, 9.17) is 0 Å². The van der Waals surface area contributed by atoms with Crippen LogP contribution in [-0.4, -0.2) is 33.6 Å². The highest BCUT2D eigenvalue weighted by molar-refractivity contribution is 7.02. The maximum atomic E-state index is 2.57. The molecule has 0 saturated heterocycles. The Morgan fingerprint density at radius 1 is 0.905 bits per heavy atom. The molecule has 2 aromatic rings. The van der Waals surface area contributed by atoms with Crippen molar-refractivity contribution in [3.63, 3.8) is 0 Å². The normalized spacial score (nSPS) is 15.6. The third-order valence-electron chi connectivity index (χ3n) is 4.89. The minimum absolute atomic E-state index is 1.11. The fourth-order valence-corrected chi connectivity index (χ4v) is 8.18. The van der Waals surface area contributed by atoms with Crippen LogP contribution < -0.4 is 10.4 Å². The highest BCUT2D eigenvalue weighted by Crippen LogP contribution is 2.23. The smallest absolute Gasteiger partial charge is 0.115 e. The standard InChI is InChI=1S/C19H25NSi/c1-20(2)13-8-14-21(3)18-11-6-4-9-16(18)15-17-10-5-7-12-19(17)21/h4-7,9-12H,8,13-15H2,1-3H3. The summed E-state index contributed by atoms with van der Waals surface area (Å²) in [7, 11) is 2.78. The van der Waals surface area contributed by atoms with Gasteiger partial charge in [-0.2, -0.15) is 0 Å². The average molecular weight is 296 g/mol. The van der Waals surface area contributed by atoms with Crippen molar-refractivity contribution in [2.45, 2.75) is 25.4 Å². The summed E-state index contributed by atoms with van der Waals surface area (Å²) in [6.07, 6.45) is 2.40. The first kappa shape index (κ1) is 14.5. The second-order valence-corrected chi connectivity index (χ2v) is 11.0. The lowest BCUT2D eigenvalue weighted by atomic mass is 10.0. The fraction of sp³-hybridized carbons (Fsp3) is 0.368. The molecule has 2 heteroatoms. The van der Waals surface area contributed by atoms with Crippen LogP contribution in [0, 0.1) is 0 Å². The molecule has 0 radical (unpaired) electrons. The summed E-state index contributed by atoms with van der Waals surface area (Å²) in [5, 5.41) is 3.34. The minimum Gasteiger partial charge on any atom is -0.309 e. The summed E-state index contributed by atoms with van der Waals surface area (Å²) >= 11 is 0. The number of hydrogen-bond acceptors (Lipinski definition) is 1. The Bertz CT molecular complexity index is 587. The van der Waals surface area contributed by atoms with Crippen molar-refractivity contribution in [3.8, 4) is 0 Å². The Morgan fingerprint density at radius 3 is 1.95 bits per heavy atom. The van der Waals surface area contributed by atoms with E-state index >= 15 is 0 Å². The van der Waals surface area contributed by atoms with Gasteiger partial charge in [0, 0.05) is 0 Å². The summed E-state index contributed by atoms with van der Waals surface area (Å²) in [6.45, 7) is 3.76. The van der Waals surface area contributed by atoms with Crippen molar-refractivity contribution in [2.75, 3.05) is 20.6 Å². The van der Waals surface area contributed by atoms with Gasteiger partial charge in [-0.15, -0.1) is 0 Å². The van der Waals surface area contributed by atoms with Crippen LogP contribution in [0.25, 0.3) is 0 Å². The molecule has 0 saturated carbocycles. The van der Waals surface area contributed by atoms with E-state index in [0.29, 0.717) is 0 Å². The molecule has 0 N–H and O–H groups in total. The Labute approximate surface area is 129 Å². The largest absolute Gasteiger partial charge is 0.309 e.